The average molecular weight is 235 g/mol. The van der Waals surface area contributed by atoms with Crippen LogP contribution in [0, 0.1) is 0 Å². The van der Waals surface area contributed by atoms with Gasteiger partial charge in [0.2, 0.25) is 0 Å². The lowest BCUT2D eigenvalue weighted by molar-refractivity contribution is 0.0766. The second-order valence-corrected chi connectivity index (χ2v) is 4.55. The molecular weight excluding hydrogens is 214 g/mol. The highest BCUT2D eigenvalue weighted by Gasteiger charge is 2.22. The summed E-state index contributed by atoms with van der Waals surface area (Å²) in [5.41, 5.74) is 2.62. The van der Waals surface area contributed by atoms with Crippen LogP contribution in [0.5, 0.6) is 0 Å². The summed E-state index contributed by atoms with van der Waals surface area (Å²) in [6.45, 7) is 3.81. The first-order valence-electron chi connectivity index (χ1n) is 6.37. The van der Waals surface area contributed by atoms with Crippen LogP contribution in [0.2, 0.25) is 0 Å². The van der Waals surface area contributed by atoms with Crippen molar-refractivity contribution in [2.45, 2.75) is 38.5 Å². The molecule has 1 aromatic rings. The highest BCUT2D eigenvalue weighted by atomic mass is 16.5. The monoisotopic (exact) mass is 235 g/mol. The molecule has 1 aliphatic heterocycles. The summed E-state index contributed by atoms with van der Waals surface area (Å²) >= 11 is 0. The van der Waals surface area contributed by atoms with Gasteiger partial charge in [0.25, 0.3) is 0 Å². The number of rotatable bonds is 5. The molecule has 1 heterocycles. The predicted molar refractivity (Wildman–Crippen MR) is 67.8 cm³/mol. The Bertz CT molecular complexity index is 354. The van der Waals surface area contributed by atoms with Crippen LogP contribution in [0.15, 0.2) is 24.3 Å². The van der Waals surface area contributed by atoms with Crippen LogP contribution in [0.4, 0.5) is 0 Å². The minimum absolute atomic E-state index is 0.237. The molecule has 0 aromatic heterocycles. The van der Waals surface area contributed by atoms with Crippen LogP contribution in [-0.4, -0.2) is 24.4 Å². The third-order valence-electron chi connectivity index (χ3n) is 3.38. The number of benzene rings is 1. The summed E-state index contributed by atoms with van der Waals surface area (Å²) in [6, 6.07) is 9.04. The Kier molecular flexibility index (Phi) is 4.54. The Labute approximate surface area is 103 Å². The van der Waals surface area contributed by atoms with Gasteiger partial charge in [-0.3, -0.25) is 0 Å². The Morgan fingerprint density at radius 2 is 2.29 bits per heavy atom. The summed E-state index contributed by atoms with van der Waals surface area (Å²) in [6.07, 6.45) is 1.83. The molecule has 3 nitrogen and oxygen atoms in total. The topological polar surface area (TPSA) is 41.5 Å². The van der Waals surface area contributed by atoms with Crippen molar-refractivity contribution in [2.24, 2.45) is 0 Å². The number of hydrogen-bond donors (Lipinski definition) is 2. The first kappa shape index (κ1) is 12.6. The van der Waals surface area contributed by atoms with E-state index in [1.807, 2.05) is 0 Å². The zero-order valence-electron chi connectivity index (χ0n) is 10.4. The normalized spacial score (nSPS) is 20.9. The third-order valence-corrected chi connectivity index (χ3v) is 3.38. The maximum atomic E-state index is 9.02. The maximum absolute atomic E-state index is 9.02. The van der Waals surface area contributed by atoms with Gasteiger partial charge in [0.1, 0.15) is 0 Å². The third kappa shape index (κ3) is 3.06. The van der Waals surface area contributed by atoms with E-state index in [9.17, 15) is 0 Å². The molecule has 0 saturated carbocycles. The zero-order chi connectivity index (χ0) is 12.1. The van der Waals surface area contributed by atoms with E-state index in [0.717, 1.165) is 19.4 Å². The Morgan fingerprint density at radius 3 is 3.06 bits per heavy atom. The molecule has 0 spiro atoms. The minimum Gasteiger partial charge on any atom is -0.396 e. The molecule has 2 rings (SSSR count). The van der Waals surface area contributed by atoms with E-state index in [1.54, 1.807) is 0 Å². The molecule has 2 unspecified atom stereocenters. The molecule has 2 atom stereocenters. The number of aliphatic hydroxyl groups excluding tert-OH is 1. The lowest BCUT2D eigenvalue weighted by Gasteiger charge is -2.30. The van der Waals surface area contributed by atoms with E-state index in [2.05, 4.69) is 36.5 Å². The fourth-order valence-electron chi connectivity index (χ4n) is 2.37. The molecule has 0 saturated heterocycles. The summed E-state index contributed by atoms with van der Waals surface area (Å²) in [7, 11) is 0. The van der Waals surface area contributed by atoms with E-state index < -0.39 is 0 Å². The molecule has 0 fully saturated rings. The summed E-state index contributed by atoms with van der Waals surface area (Å²) in [5, 5.41) is 12.6. The van der Waals surface area contributed by atoms with Crippen LogP contribution in [0.1, 0.15) is 36.9 Å². The molecule has 1 aliphatic rings. The fraction of sp³-hybridized carbons (Fsp3) is 0.571. The van der Waals surface area contributed by atoms with Gasteiger partial charge in [-0.15, -0.1) is 0 Å². The number of nitrogens with one attached hydrogen (secondary N) is 1. The Balaban J connectivity index is 2.07. The van der Waals surface area contributed by atoms with Crippen LogP contribution < -0.4 is 5.32 Å². The zero-order valence-corrected chi connectivity index (χ0v) is 10.4. The van der Waals surface area contributed by atoms with Crippen molar-refractivity contribution in [3.63, 3.8) is 0 Å². The average Bonchev–Trinajstić information content (AvgIpc) is 2.38. The minimum atomic E-state index is 0.237. The van der Waals surface area contributed by atoms with Crippen molar-refractivity contribution < 1.29 is 9.84 Å². The van der Waals surface area contributed by atoms with Crippen molar-refractivity contribution >= 4 is 0 Å². The van der Waals surface area contributed by atoms with Gasteiger partial charge in [-0.1, -0.05) is 31.2 Å². The number of fused-ring (bicyclic) bond motifs is 1. The summed E-state index contributed by atoms with van der Waals surface area (Å²) in [4.78, 5) is 0. The molecule has 2 N–H and O–H groups in total. The van der Waals surface area contributed by atoms with Gasteiger partial charge in [-0.05, 0) is 24.0 Å². The maximum Gasteiger partial charge on any atom is 0.0721 e. The van der Waals surface area contributed by atoms with Crippen molar-refractivity contribution in [3.05, 3.63) is 35.4 Å². The first-order valence-corrected chi connectivity index (χ1v) is 6.37. The van der Waals surface area contributed by atoms with Gasteiger partial charge in [0.15, 0.2) is 0 Å². The molecule has 0 aliphatic carbocycles. The SMILES string of the molecule is CCC(CCO)NC1COCc2ccccc21. The van der Waals surface area contributed by atoms with Crippen molar-refractivity contribution in [1.82, 2.24) is 5.32 Å². The van der Waals surface area contributed by atoms with Gasteiger partial charge < -0.3 is 15.2 Å². The van der Waals surface area contributed by atoms with Gasteiger partial charge >= 0.3 is 0 Å². The first-order chi connectivity index (χ1) is 8.35. The number of hydrogen-bond acceptors (Lipinski definition) is 3. The van der Waals surface area contributed by atoms with E-state index in [1.165, 1.54) is 11.1 Å². The molecule has 0 amide bonds. The molecule has 0 radical (unpaired) electrons. The second-order valence-electron chi connectivity index (χ2n) is 4.55. The van der Waals surface area contributed by atoms with E-state index >= 15 is 0 Å². The summed E-state index contributed by atoms with van der Waals surface area (Å²) in [5.74, 6) is 0. The van der Waals surface area contributed by atoms with Gasteiger partial charge in [0.05, 0.1) is 19.3 Å². The van der Waals surface area contributed by atoms with Crippen molar-refractivity contribution in [2.75, 3.05) is 13.2 Å². The molecular formula is C14H21NO2. The lowest BCUT2D eigenvalue weighted by Crippen LogP contribution is -2.37. The molecule has 1 aromatic carbocycles. The highest BCUT2D eigenvalue weighted by Crippen LogP contribution is 2.25. The number of aliphatic hydroxyl groups is 1. The van der Waals surface area contributed by atoms with Crippen molar-refractivity contribution in [3.8, 4) is 0 Å². The predicted octanol–water partition coefficient (Wildman–Crippen LogP) is 2.01. The lowest BCUT2D eigenvalue weighted by atomic mass is 9.97. The molecule has 94 valence electrons. The van der Waals surface area contributed by atoms with E-state index in [-0.39, 0.29) is 12.6 Å². The Hall–Kier alpha value is -0.900. The molecule has 3 heteroatoms. The quantitative estimate of drug-likeness (QED) is 0.820. The van der Waals surface area contributed by atoms with Gasteiger partial charge in [0, 0.05) is 12.6 Å². The number of ether oxygens (including phenoxy) is 1. The van der Waals surface area contributed by atoms with Crippen LogP contribution in [-0.2, 0) is 11.3 Å². The van der Waals surface area contributed by atoms with Crippen molar-refractivity contribution in [1.29, 1.82) is 0 Å². The van der Waals surface area contributed by atoms with E-state index in [4.69, 9.17) is 9.84 Å². The Morgan fingerprint density at radius 1 is 1.47 bits per heavy atom. The fourth-order valence-corrected chi connectivity index (χ4v) is 2.37. The van der Waals surface area contributed by atoms with Gasteiger partial charge in [-0.2, -0.15) is 0 Å². The standard InChI is InChI=1S/C14H21NO2/c1-2-12(7-8-16)15-14-10-17-9-11-5-3-4-6-13(11)14/h3-6,12,14-16H,2,7-10H2,1H3. The van der Waals surface area contributed by atoms with E-state index in [0.29, 0.717) is 12.6 Å². The highest BCUT2D eigenvalue weighted by molar-refractivity contribution is 5.31. The summed E-state index contributed by atoms with van der Waals surface area (Å²) < 4.78 is 5.61. The second kappa shape index (κ2) is 6.15. The van der Waals surface area contributed by atoms with Crippen LogP contribution in [0.3, 0.4) is 0 Å². The molecule has 0 bridgehead atoms. The smallest absolute Gasteiger partial charge is 0.0721 e. The van der Waals surface area contributed by atoms with Crippen LogP contribution in [0.25, 0.3) is 0 Å². The molecule has 17 heavy (non-hydrogen) atoms. The van der Waals surface area contributed by atoms with Crippen LogP contribution >= 0.6 is 0 Å². The van der Waals surface area contributed by atoms with Gasteiger partial charge in [-0.25, -0.2) is 0 Å². The largest absolute Gasteiger partial charge is 0.396 e.